The predicted octanol–water partition coefficient (Wildman–Crippen LogP) is 3.32. The largest absolute Gasteiger partial charge is 0.390 e. The van der Waals surface area contributed by atoms with Gasteiger partial charge in [0.25, 0.3) is 0 Å². The zero-order chi connectivity index (χ0) is 14.5. The minimum absolute atomic E-state index is 0.159. The van der Waals surface area contributed by atoms with Gasteiger partial charge < -0.3 is 10.6 Å². The number of hydrogen-bond acceptors (Lipinski definition) is 2. The van der Waals surface area contributed by atoms with Crippen molar-refractivity contribution in [2.75, 3.05) is 11.9 Å². The monoisotopic (exact) mass is 338 g/mol. The Labute approximate surface area is 117 Å². The third kappa shape index (κ3) is 7.17. The van der Waals surface area contributed by atoms with E-state index in [2.05, 4.69) is 26.6 Å². The lowest BCUT2D eigenvalue weighted by Crippen LogP contribution is -2.37. The second kappa shape index (κ2) is 6.91. The molecule has 1 aromatic carbocycles. The molecule has 0 saturated carbocycles. The molecule has 1 unspecified atom stereocenters. The van der Waals surface area contributed by atoms with Gasteiger partial charge in [0.2, 0.25) is 5.91 Å². The van der Waals surface area contributed by atoms with Gasteiger partial charge in [0, 0.05) is 16.2 Å². The van der Waals surface area contributed by atoms with E-state index < -0.39 is 18.6 Å². The van der Waals surface area contributed by atoms with Crippen molar-refractivity contribution < 1.29 is 18.0 Å². The van der Waals surface area contributed by atoms with Gasteiger partial charge >= 0.3 is 6.18 Å². The molecular formula is C12H14BrF3N2O. The second-order valence-corrected chi connectivity index (χ2v) is 5.07. The van der Waals surface area contributed by atoms with E-state index in [1.165, 1.54) is 6.92 Å². The molecule has 1 aromatic rings. The van der Waals surface area contributed by atoms with Gasteiger partial charge in [-0.3, -0.25) is 4.79 Å². The van der Waals surface area contributed by atoms with E-state index in [0.717, 1.165) is 4.47 Å². The minimum atomic E-state index is -4.23. The normalized spacial score (nSPS) is 13.1. The van der Waals surface area contributed by atoms with E-state index in [0.29, 0.717) is 5.69 Å². The molecule has 0 bridgehead atoms. The summed E-state index contributed by atoms with van der Waals surface area (Å²) in [5.74, 6) is -0.378. The molecule has 0 fully saturated rings. The van der Waals surface area contributed by atoms with Gasteiger partial charge in [-0.05, 0) is 31.2 Å². The van der Waals surface area contributed by atoms with Crippen LogP contribution in [0.2, 0.25) is 0 Å². The van der Waals surface area contributed by atoms with Crippen LogP contribution in [0.25, 0.3) is 0 Å². The van der Waals surface area contributed by atoms with Gasteiger partial charge in [-0.1, -0.05) is 15.9 Å². The maximum absolute atomic E-state index is 12.1. The van der Waals surface area contributed by atoms with Crippen LogP contribution in [0.5, 0.6) is 0 Å². The number of hydrogen-bond donors (Lipinski definition) is 2. The van der Waals surface area contributed by atoms with E-state index in [-0.39, 0.29) is 12.5 Å². The van der Waals surface area contributed by atoms with Crippen LogP contribution < -0.4 is 10.6 Å². The number of rotatable bonds is 5. The number of benzene rings is 1. The van der Waals surface area contributed by atoms with Gasteiger partial charge in [0.1, 0.15) is 0 Å². The summed E-state index contributed by atoms with van der Waals surface area (Å²) in [4.78, 5) is 11.5. The van der Waals surface area contributed by atoms with Gasteiger partial charge in [0.15, 0.2) is 0 Å². The lowest BCUT2D eigenvalue weighted by Gasteiger charge is -2.15. The first-order valence-electron chi connectivity index (χ1n) is 5.62. The third-order valence-electron chi connectivity index (χ3n) is 2.28. The average Bonchev–Trinajstić information content (AvgIpc) is 2.27. The number of amides is 1. The van der Waals surface area contributed by atoms with E-state index in [1.54, 1.807) is 24.3 Å². The summed E-state index contributed by atoms with van der Waals surface area (Å²) >= 11 is 3.26. The topological polar surface area (TPSA) is 41.1 Å². The molecule has 2 N–H and O–H groups in total. The van der Waals surface area contributed by atoms with Crippen LogP contribution in [0.1, 0.15) is 13.3 Å². The van der Waals surface area contributed by atoms with Crippen molar-refractivity contribution in [2.24, 2.45) is 0 Å². The lowest BCUT2D eigenvalue weighted by molar-refractivity contribution is -0.139. The summed E-state index contributed by atoms with van der Waals surface area (Å²) < 4.78 is 37.1. The van der Waals surface area contributed by atoms with Crippen molar-refractivity contribution in [2.45, 2.75) is 25.6 Å². The second-order valence-electron chi connectivity index (χ2n) is 4.16. The molecule has 0 heterocycles. The Morgan fingerprint density at radius 3 is 2.42 bits per heavy atom. The molecule has 0 spiro atoms. The van der Waals surface area contributed by atoms with Crippen molar-refractivity contribution >= 4 is 27.5 Å². The molecule has 1 rings (SSSR count). The summed E-state index contributed by atoms with van der Waals surface area (Å²) in [6.07, 6.45) is -5.19. The van der Waals surface area contributed by atoms with Crippen LogP contribution in [-0.2, 0) is 4.79 Å². The number of carbonyl (C=O) groups is 1. The fourth-order valence-electron chi connectivity index (χ4n) is 1.42. The Kier molecular flexibility index (Phi) is 5.81. The standard InChI is InChI=1S/C12H14BrF3N2O/c1-8(6-12(14,15)16)17-7-11(19)18-10-4-2-9(13)3-5-10/h2-5,8,17H,6-7H2,1H3,(H,18,19). The summed E-state index contributed by atoms with van der Waals surface area (Å²) in [5, 5.41) is 5.11. The molecule has 3 nitrogen and oxygen atoms in total. The van der Waals surface area contributed by atoms with Crippen LogP contribution in [-0.4, -0.2) is 24.7 Å². The minimum Gasteiger partial charge on any atom is -0.325 e. The molecular weight excluding hydrogens is 325 g/mol. The zero-order valence-electron chi connectivity index (χ0n) is 10.2. The number of alkyl halides is 3. The SMILES string of the molecule is CC(CC(F)(F)F)NCC(=O)Nc1ccc(Br)cc1. The lowest BCUT2D eigenvalue weighted by atomic mass is 10.2. The van der Waals surface area contributed by atoms with Gasteiger partial charge in [0.05, 0.1) is 13.0 Å². The maximum atomic E-state index is 12.1. The van der Waals surface area contributed by atoms with Crippen LogP contribution in [0.15, 0.2) is 28.7 Å². The highest BCUT2D eigenvalue weighted by molar-refractivity contribution is 9.10. The molecule has 1 amide bonds. The molecule has 0 aliphatic carbocycles. The molecule has 0 aliphatic rings. The quantitative estimate of drug-likeness (QED) is 0.864. The maximum Gasteiger partial charge on any atom is 0.390 e. The molecule has 7 heteroatoms. The first-order chi connectivity index (χ1) is 8.76. The Morgan fingerprint density at radius 1 is 1.32 bits per heavy atom. The molecule has 0 saturated heterocycles. The predicted molar refractivity (Wildman–Crippen MR) is 70.9 cm³/mol. The van der Waals surface area contributed by atoms with Gasteiger partial charge in [-0.15, -0.1) is 0 Å². The zero-order valence-corrected chi connectivity index (χ0v) is 11.8. The van der Waals surface area contributed by atoms with Crippen molar-refractivity contribution in [1.29, 1.82) is 0 Å². The molecule has 19 heavy (non-hydrogen) atoms. The van der Waals surface area contributed by atoms with E-state index in [1.807, 2.05) is 0 Å². The number of anilines is 1. The van der Waals surface area contributed by atoms with Crippen LogP contribution in [0, 0.1) is 0 Å². The highest BCUT2D eigenvalue weighted by Gasteiger charge is 2.29. The van der Waals surface area contributed by atoms with Crippen molar-refractivity contribution in [3.05, 3.63) is 28.7 Å². The fourth-order valence-corrected chi connectivity index (χ4v) is 1.69. The number of carbonyl (C=O) groups excluding carboxylic acids is 1. The van der Waals surface area contributed by atoms with Crippen molar-refractivity contribution in [1.82, 2.24) is 5.32 Å². The van der Waals surface area contributed by atoms with Crippen LogP contribution >= 0.6 is 15.9 Å². The number of nitrogens with one attached hydrogen (secondary N) is 2. The number of halogens is 4. The Morgan fingerprint density at radius 2 is 1.89 bits per heavy atom. The van der Waals surface area contributed by atoms with Crippen molar-refractivity contribution in [3.63, 3.8) is 0 Å². The summed E-state index contributed by atoms with van der Waals surface area (Å²) in [6.45, 7) is 1.23. The first-order valence-corrected chi connectivity index (χ1v) is 6.41. The average molecular weight is 339 g/mol. The van der Waals surface area contributed by atoms with Gasteiger partial charge in [-0.25, -0.2) is 0 Å². The molecule has 106 valence electrons. The Balaban J connectivity index is 2.34. The molecule has 0 radical (unpaired) electrons. The van der Waals surface area contributed by atoms with E-state index in [4.69, 9.17) is 0 Å². The summed E-state index contributed by atoms with van der Waals surface area (Å²) in [5.41, 5.74) is 0.596. The first kappa shape index (κ1) is 16.0. The summed E-state index contributed by atoms with van der Waals surface area (Å²) in [7, 11) is 0. The summed E-state index contributed by atoms with van der Waals surface area (Å²) in [6, 6.07) is 6.11. The van der Waals surface area contributed by atoms with Gasteiger partial charge in [-0.2, -0.15) is 13.2 Å². The van der Waals surface area contributed by atoms with E-state index in [9.17, 15) is 18.0 Å². The highest BCUT2D eigenvalue weighted by atomic mass is 79.9. The fraction of sp³-hybridized carbons (Fsp3) is 0.417. The molecule has 0 aromatic heterocycles. The molecule has 1 atom stereocenters. The smallest absolute Gasteiger partial charge is 0.325 e. The molecule has 0 aliphatic heterocycles. The Bertz CT molecular complexity index is 420. The van der Waals surface area contributed by atoms with Crippen molar-refractivity contribution in [3.8, 4) is 0 Å². The highest BCUT2D eigenvalue weighted by Crippen LogP contribution is 2.21. The van der Waals surface area contributed by atoms with E-state index >= 15 is 0 Å². The third-order valence-corrected chi connectivity index (χ3v) is 2.81. The van der Waals surface area contributed by atoms with Crippen LogP contribution in [0.3, 0.4) is 0 Å². The van der Waals surface area contributed by atoms with Crippen LogP contribution in [0.4, 0.5) is 18.9 Å². The Hall–Kier alpha value is -1.08.